The second kappa shape index (κ2) is 5.37. The van der Waals surface area contributed by atoms with Crippen LogP contribution in [0.1, 0.15) is 18.1 Å². The second-order valence-corrected chi connectivity index (χ2v) is 4.08. The Kier molecular flexibility index (Phi) is 4.42. The summed E-state index contributed by atoms with van der Waals surface area (Å²) in [6, 6.07) is 1.95. The van der Waals surface area contributed by atoms with Crippen LogP contribution < -0.4 is 10.5 Å². The summed E-state index contributed by atoms with van der Waals surface area (Å²) in [4.78, 5) is 0. The zero-order chi connectivity index (χ0) is 11.4. The highest BCUT2D eigenvalue weighted by Crippen LogP contribution is 2.39. The van der Waals surface area contributed by atoms with Gasteiger partial charge in [-0.1, -0.05) is 6.92 Å². The molecule has 1 rings (SSSR count). The van der Waals surface area contributed by atoms with Gasteiger partial charge in [0, 0.05) is 0 Å². The summed E-state index contributed by atoms with van der Waals surface area (Å²) in [6.07, 6.45) is 1.53. The Morgan fingerprint density at radius 2 is 2.13 bits per heavy atom. The molecule has 15 heavy (non-hydrogen) atoms. The normalized spacial score (nSPS) is 10.4. The van der Waals surface area contributed by atoms with Gasteiger partial charge in [0.25, 0.3) is 0 Å². The molecule has 0 spiro atoms. The molecule has 1 aromatic rings. The number of phenolic OH excluding ortho intramolecular Hbond substituents is 1. The Morgan fingerprint density at radius 3 is 2.60 bits per heavy atom. The molecule has 3 N–H and O–H groups in total. The summed E-state index contributed by atoms with van der Waals surface area (Å²) in [7, 11) is 1.60. The topological polar surface area (TPSA) is 55.5 Å². The second-order valence-electron chi connectivity index (χ2n) is 3.28. The van der Waals surface area contributed by atoms with E-state index in [4.69, 9.17) is 10.5 Å². The third-order valence-electron chi connectivity index (χ3n) is 2.35. The van der Waals surface area contributed by atoms with Crippen LogP contribution in [0.4, 0.5) is 0 Å². The van der Waals surface area contributed by atoms with E-state index in [2.05, 4.69) is 15.9 Å². The highest BCUT2D eigenvalue weighted by molar-refractivity contribution is 9.10. The predicted molar refractivity (Wildman–Crippen MR) is 64.5 cm³/mol. The molecule has 0 bridgehead atoms. The van der Waals surface area contributed by atoms with Crippen LogP contribution in [-0.4, -0.2) is 18.8 Å². The van der Waals surface area contributed by atoms with E-state index < -0.39 is 0 Å². The number of aromatic hydroxyl groups is 1. The number of nitrogens with two attached hydrogens (primary N) is 1. The van der Waals surface area contributed by atoms with Crippen molar-refractivity contribution >= 4 is 15.9 Å². The Bertz CT molecular complexity index is 353. The van der Waals surface area contributed by atoms with Crippen molar-refractivity contribution in [3.05, 3.63) is 21.7 Å². The molecular weight excluding hydrogens is 258 g/mol. The van der Waals surface area contributed by atoms with Crippen LogP contribution in [0.25, 0.3) is 0 Å². The van der Waals surface area contributed by atoms with Gasteiger partial charge in [-0.05, 0) is 52.5 Å². The van der Waals surface area contributed by atoms with E-state index in [1.807, 2.05) is 13.0 Å². The Hall–Kier alpha value is -0.740. The molecule has 0 radical (unpaired) electrons. The van der Waals surface area contributed by atoms with Gasteiger partial charge in [0.2, 0.25) is 0 Å². The third-order valence-corrected chi connectivity index (χ3v) is 3.09. The number of methoxy groups -OCH3 is 1. The summed E-state index contributed by atoms with van der Waals surface area (Å²) in [5, 5.41) is 9.88. The predicted octanol–water partition coefficient (Wildman–Crippen LogP) is 2.23. The molecule has 0 aliphatic carbocycles. The number of ether oxygens (including phenoxy) is 1. The zero-order valence-corrected chi connectivity index (χ0v) is 10.6. The Morgan fingerprint density at radius 1 is 1.47 bits per heavy atom. The van der Waals surface area contributed by atoms with Crippen molar-refractivity contribution in [2.75, 3.05) is 13.7 Å². The molecule has 0 saturated carbocycles. The zero-order valence-electron chi connectivity index (χ0n) is 9.01. The van der Waals surface area contributed by atoms with Gasteiger partial charge in [-0.2, -0.15) is 0 Å². The van der Waals surface area contributed by atoms with Gasteiger partial charge < -0.3 is 15.6 Å². The van der Waals surface area contributed by atoms with E-state index >= 15 is 0 Å². The smallest absolute Gasteiger partial charge is 0.139 e. The number of hydrogen-bond acceptors (Lipinski definition) is 3. The SMILES string of the molecule is CCc1cc(CCN)c(O)c(Br)c1OC. The molecule has 84 valence electrons. The minimum atomic E-state index is 0.231. The fraction of sp³-hybridized carbons (Fsp3) is 0.455. The quantitative estimate of drug-likeness (QED) is 0.885. The van der Waals surface area contributed by atoms with Crippen LogP contribution in [0, 0.1) is 0 Å². The van der Waals surface area contributed by atoms with Crippen molar-refractivity contribution < 1.29 is 9.84 Å². The van der Waals surface area contributed by atoms with Gasteiger partial charge in [-0.15, -0.1) is 0 Å². The maximum absolute atomic E-state index is 9.88. The van der Waals surface area contributed by atoms with Crippen LogP contribution in [-0.2, 0) is 12.8 Å². The van der Waals surface area contributed by atoms with Crippen LogP contribution in [0.5, 0.6) is 11.5 Å². The van der Waals surface area contributed by atoms with Crippen LogP contribution >= 0.6 is 15.9 Å². The van der Waals surface area contributed by atoms with Gasteiger partial charge >= 0.3 is 0 Å². The van der Waals surface area contributed by atoms with E-state index in [0.717, 1.165) is 17.5 Å². The number of phenols is 1. The molecule has 0 aliphatic heterocycles. The van der Waals surface area contributed by atoms with Crippen LogP contribution in [0.3, 0.4) is 0 Å². The first-order valence-corrected chi connectivity index (χ1v) is 5.72. The van der Waals surface area contributed by atoms with Gasteiger partial charge in [-0.25, -0.2) is 0 Å². The lowest BCUT2D eigenvalue weighted by molar-refractivity contribution is 0.397. The van der Waals surface area contributed by atoms with Crippen molar-refractivity contribution in [2.45, 2.75) is 19.8 Å². The Balaban J connectivity index is 3.29. The van der Waals surface area contributed by atoms with E-state index in [9.17, 15) is 5.11 Å². The molecule has 0 atom stereocenters. The fourth-order valence-electron chi connectivity index (χ4n) is 1.56. The fourth-order valence-corrected chi connectivity index (χ4v) is 2.23. The molecule has 3 nitrogen and oxygen atoms in total. The molecule has 0 aliphatic rings. The minimum absolute atomic E-state index is 0.231. The lowest BCUT2D eigenvalue weighted by atomic mass is 10.0. The van der Waals surface area contributed by atoms with Crippen molar-refractivity contribution in [1.82, 2.24) is 0 Å². The Labute approximate surface area is 98.4 Å². The van der Waals surface area contributed by atoms with Gasteiger partial charge in [0.05, 0.1) is 7.11 Å². The first-order chi connectivity index (χ1) is 7.15. The van der Waals surface area contributed by atoms with Crippen LogP contribution in [0.15, 0.2) is 10.5 Å². The lowest BCUT2D eigenvalue weighted by Gasteiger charge is -2.14. The van der Waals surface area contributed by atoms with E-state index in [1.165, 1.54) is 0 Å². The van der Waals surface area contributed by atoms with E-state index in [-0.39, 0.29) is 5.75 Å². The minimum Gasteiger partial charge on any atom is -0.506 e. The molecule has 0 aromatic heterocycles. The average Bonchev–Trinajstić information content (AvgIpc) is 2.24. The number of hydrogen-bond donors (Lipinski definition) is 2. The molecule has 0 unspecified atom stereocenters. The lowest BCUT2D eigenvalue weighted by Crippen LogP contribution is -2.04. The van der Waals surface area contributed by atoms with Gasteiger partial charge in [0.1, 0.15) is 16.0 Å². The van der Waals surface area contributed by atoms with Gasteiger partial charge in [0.15, 0.2) is 0 Å². The van der Waals surface area contributed by atoms with Crippen molar-refractivity contribution in [1.29, 1.82) is 0 Å². The summed E-state index contributed by atoms with van der Waals surface area (Å²) in [5.41, 5.74) is 7.42. The van der Waals surface area contributed by atoms with Crippen LogP contribution in [0.2, 0.25) is 0 Å². The average molecular weight is 274 g/mol. The monoisotopic (exact) mass is 273 g/mol. The first kappa shape index (κ1) is 12.3. The molecular formula is C11H16BrNO2. The summed E-state index contributed by atoms with van der Waals surface area (Å²) >= 11 is 3.34. The number of halogens is 1. The standard InChI is InChI=1S/C11H16BrNO2/c1-3-7-6-8(4-5-13)10(14)9(12)11(7)15-2/h6,14H,3-5,13H2,1-2H3. The first-order valence-electron chi connectivity index (χ1n) is 4.92. The largest absolute Gasteiger partial charge is 0.506 e. The summed E-state index contributed by atoms with van der Waals surface area (Å²) < 4.78 is 5.86. The molecule has 0 amide bonds. The number of rotatable bonds is 4. The summed E-state index contributed by atoms with van der Waals surface area (Å²) in [5.74, 6) is 0.935. The maximum atomic E-state index is 9.88. The highest BCUT2D eigenvalue weighted by Gasteiger charge is 2.14. The molecule has 0 saturated heterocycles. The van der Waals surface area contributed by atoms with E-state index in [0.29, 0.717) is 23.2 Å². The van der Waals surface area contributed by atoms with E-state index in [1.54, 1.807) is 7.11 Å². The molecule has 4 heteroatoms. The summed E-state index contributed by atoms with van der Waals surface area (Å²) in [6.45, 7) is 2.57. The van der Waals surface area contributed by atoms with Crippen molar-refractivity contribution in [2.24, 2.45) is 5.73 Å². The third kappa shape index (κ3) is 2.44. The highest BCUT2D eigenvalue weighted by atomic mass is 79.9. The van der Waals surface area contributed by atoms with Gasteiger partial charge in [-0.3, -0.25) is 0 Å². The van der Waals surface area contributed by atoms with Crippen molar-refractivity contribution in [3.8, 4) is 11.5 Å². The molecule has 1 aromatic carbocycles. The maximum Gasteiger partial charge on any atom is 0.139 e. The molecule has 0 fully saturated rings. The number of benzene rings is 1. The van der Waals surface area contributed by atoms with Crippen molar-refractivity contribution in [3.63, 3.8) is 0 Å². The number of aryl methyl sites for hydroxylation is 1. The molecule has 0 heterocycles.